The van der Waals surface area contributed by atoms with Gasteiger partial charge < -0.3 is 10.4 Å². The first-order chi connectivity index (χ1) is 8.25. The molecule has 0 aliphatic carbocycles. The van der Waals surface area contributed by atoms with E-state index in [4.69, 9.17) is 5.11 Å². The molecule has 1 aromatic carbocycles. The Balaban J connectivity index is 1.95. The Kier molecular flexibility index (Phi) is 3.94. The molecule has 0 radical (unpaired) electrons. The van der Waals surface area contributed by atoms with Gasteiger partial charge in [0, 0.05) is 23.8 Å². The third-order valence-electron chi connectivity index (χ3n) is 2.73. The summed E-state index contributed by atoms with van der Waals surface area (Å²) in [5.41, 5.74) is 2.12. The van der Waals surface area contributed by atoms with Gasteiger partial charge in [0.2, 0.25) is 0 Å². The Morgan fingerprint density at radius 2 is 2.24 bits per heavy atom. The summed E-state index contributed by atoms with van der Waals surface area (Å²) in [4.78, 5) is 4.28. The van der Waals surface area contributed by atoms with Crippen LogP contribution in [0.3, 0.4) is 0 Å². The molecule has 1 unspecified atom stereocenters. The van der Waals surface area contributed by atoms with Crippen LogP contribution in [0.1, 0.15) is 19.8 Å². The molecule has 1 heterocycles. The fourth-order valence-electron chi connectivity index (χ4n) is 1.82. The fraction of sp³-hybridized carbons (Fsp3) is 0.357. The van der Waals surface area contributed by atoms with Crippen molar-refractivity contribution in [2.24, 2.45) is 0 Å². The molecule has 1 atom stereocenters. The van der Waals surface area contributed by atoms with Gasteiger partial charge in [0.1, 0.15) is 0 Å². The highest BCUT2D eigenvalue weighted by Gasteiger charge is 1.98. The van der Waals surface area contributed by atoms with Crippen molar-refractivity contribution in [2.45, 2.75) is 25.9 Å². The van der Waals surface area contributed by atoms with E-state index in [2.05, 4.69) is 22.4 Å². The molecule has 1 aromatic heterocycles. The molecule has 3 heteroatoms. The highest BCUT2D eigenvalue weighted by atomic mass is 16.3. The van der Waals surface area contributed by atoms with Gasteiger partial charge in [0.15, 0.2) is 0 Å². The van der Waals surface area contributed by atoms with Gasteiger partial charge in [-0.15, -0.1) is 0 Å². The van der Waals surface area contributed by atoms with Crippen molar-refractivity contribution in [3.8, 4) is 0 Å². The van der Waals surface area contributed by atoms with Crippen molar-refractivity contribution in [1.29, 1.82) is 0 Å². The zero-order chi connectivity index (χ0) is 12.1. The maximum atomic E-state index is 9.15. The lowest BCUT2D eigenvalue weighted by Gasteiger charge is -2.08. The molecule has 0 bridgehead atoms. The molecule has 0 aliphatic heterocycles. The van der Waals surface area contributed by atoms with Gasteiger partial charge in [0.25, 0.3) is 0 Å². The molecule has 2 aromatic rings. The lowest BCUT2D eigenvalue weighted by Crippen LogP contribution is -2.06. The zero-order valence-electron chi connectivity index (χ0n) is 10.1. The summed E-state index contributed by atoms with van der Waals surface area (Å²) >= 11 is 0. The van der Waals surface area contributed by atoms with E-state index in [1.54, 1.807) is 6.20 Å². The van der Waals surface area contributed by atoms with Crippen LogP contribution >= 0.6 is 0 Å². The number of hydrogen-bond acceptors (Lipinski definition) is 3. The third-order valence-corrected chi connectivity index (χ3v) is 2.73. The smallest absolute Gasteiger partial charge is 0.0703 e. The minimum atomic E-state index is -0.211. The molecule has 90 valence electrons. The molecule has 0 saturated heterocycles. The number of aliphatic hydroxyl groups is 1. The highest BCUT2D eigenvalue weighted by Crippen LogP contribution is 2.16. The number of pyridine rings is 1. The van der Waals surface area contributed by atoms with Crippen LogP contribution in [0.4, 0.5) is 5.69 Å². The van der Waals surface area contributed by atoms with E-state index >= 15 is 0 Å². The zero-order valence-corrected chi connectivity index (χ0v) is 10.1. The van der Waals surface area contributed by atoms with E-state index in [0.29, 0.717) is 0 Å². The number of nitrogens with one attached hydrogen (secondary N) is 1. The highest BCUT2D eigenvalue weighted by molar-refractivity contribution is 5.82. The first kappa shape index (κ1) is 11.9. The predicted molar refractivity (Wildman–Crippen MR) is 71.1 cm³/mol. The topological polar surface area (TPSA) is 45.1 Å². The third kappa shape index (κ3) is 3.43. The van der Waals surface area contributed by atoms with Gasteiger partial charge in [-0.1, -0.05) is 6.07 Å². The summed E-state index contributed by atoms with van der Waals surface area (Å²) in [6.07, 6.45) is 3.40. The largest absolute Gasteiger partial charge is 0.393 e. The normalized spacial score (nSPS) is 12.6. The molecule has 17 heavy (non-hydrogen) atoms. The average Bonchev–Trinajstić information content (AvgIpc) is 2.34. The van der Waals surface area contributed by atoms with Crippen LogP contribution in [-0.2, 0) is 0 Å². The molecule has 0 saturated carbocycles. The van der Waals surface area contributed by atoms with Crippen LogP contribution in [0.5, 0.6) is 0 Å². The van der Waals surface area contributed by atoms with E-state index in [1.165, 1.54) is 0 Å². The van der Waals surface area contributed by atoms with Crippen LogP contribution in [0.2, 0.25) is 0 Å². The number of aliphatic hydroxyl groups excluding tert-OH is 1. The van der Waals surface area contributed by atoms with Crippen LogP contribution in [0, 0.1) is 0 Å². The van der Waals surface area contributed by atoms with E-state index in [1.807, 2.05) is 25.1 Å². The van der Waals surface area contributed by atoms with Gasteiger partial charge >= 0.3 is 0 Å². The molecule has 0 amide bonds. The van der Waals surface area contributed by atoms with Gasteiger partial charge in [-0.3, -0.25) is 4.98 Å². The summed E-state index contributed by atoms with van der Waals surface area (Å²) in [5.74, 6) is 0. The van der Waals surface area contributed by atoms with E-state index in [-0.39, 0.29) is 6.10 Å². The standard InChI is InChI=1S/C14H18N2O/c1-11(17)4-2-8-15-13-6-7-14-12(10-13)5-3-9-16-14/h3,5-7,9-11,15,17H,2,4,8H2,1H3. The number of aromatic nitrogens is 1. The number of hydrogen-bond donors (Lipinski definition) is 2. The SMILES string of the molecule is CC(O)CCCNc1ccc2ncccc2c1. The molecule has 2 rings (SSSR count). The van der Waals surface area contributed by atoms with Gasteiger partial charge in [-0.25, -0.2) is 0 Å². The molecule has 0 fully saturated rings. The summed E-state index contributed by atoms with van der Waals surface area (Å²) in [6.45, 7) is 2.71. The van der Waals surface area contributed by atoms with Crippen molar-refractivity contribution in [1.82, 2.24) is 4.98 Å². The van der Waals surface area contributed by atoms with Crippen molar-refractivity contribution in [2.75, 3.05) is 11.9 Å². The summed E-state index contributed by atoms with van der Waals surface area (Å²) in [6, 6.07) is 10.2. The first-order valence-electron chi connectivity index (χ1n) is 6.02. The van der Waals surface area contributed by atoms with Crippen molar-refractivity contribution in [3.63, 3.8) is 0 Å². The molecule has 0 aliphatic rings. The molecule has 2 N–H and O–H groups in total. The Hall–Kier alpha value is -1.61. The lowest BCUT2D eigenvalue weighted by molar-refractivity contribution is 0.183. The van der Waals surface area contributed by atoms with E-state index in [9.17, 15) is 0 Å². The minimum Gasteiger partial charge on any atom is -0.393 e. The number of rotatable bonds is 5. The molecule has 0 spiro atoms. The van der Waals surface area contributed by atoms with Crippen molar-refractivity contribution >= 4 is 16.6 Å². The van der Waals surface area contributed by atoms with Crippen molar-refractivity contribution in [3.05, 3.63) is 36.5 Å². The minimum absolute atomic E-state index is 0.211. The first-order valence-corrected chi connectivity index (χ1v) is 6.02. The molecular formula is C14H18N2O. The Labute approximate surface area is 102 Å². The second-order valence-electron chi connectivity index (χ2n) is 4.33. The Morgan fingerprint density at radius 3 is 3.06 bits per heavy atom. The van der Waals surface area contributed by atoms with E-state index < -0.39 is 0 Å². The quantitative estimate of drug-likeness (QED) is 0.776. The van der Waals surface area contributed by atoms with Gasteiger partial charge in [-0.05, 0) is 44.0 Å². The average molecular weight is 230 g/mol. The Morgan fingerprint density at radius 1 is 1.35 bits per heavy atom. The maximum absolute atomic E-state index is 9.15. The Bertz CT molecular complexity index is 482. The number of anilines is 1. The van der Waals surface area contributed by atoms with Crippen LogP contribution in [-0.4, -0.2) is 22.7 Å². The maximum Gasteiger partial charge on any atom is 0.0703 e. The second-order valence-corrected chi connectivity index (χ2v) is 4.33. The summed E-state index contributed by atoms with van der Waals surface area (Å²) < 4.78 is 0. The van der Waals surface area contributed by atoms with Crippen LogP contribution < -0.4 is 5.32 Å². The van der Waals surface area contributed by atoms with Crippen molar-refractivity contribution < 1.29 is 5.11 Å². The number of nitrogens with zero attached hydrogens (tertiary/aromatic N) is 1. The second kappa shape index (κ2) is 5.64. The van der Waals surface area contributed by atoms with Gasteiger partial charge in [0.05, 0.1) is 11.6 Å². The molecule has 3 nitrogen and oxygen atoms in total. The summed E-state index contributed by atoms with van der Waals surface area (Å²) in [5, 5.41) is 13.7. The summed E-state index contributed by atoms with van der Waals surface area (Å²) in [7, 11) is 0. The number of fused-ring (bicyclic) bond motifs is 1. The van der Waals surface area contributed by atoms with Gasteiger partial charge in [-0.2, -0.15) is 0 Å². The lowest BCUT2D eigenvalue weighted by atomic mass is 10.2. The van der Waals surface area contributed by atoms with E-state index in [0.717, 1.165) is 36.0 Å². The van der Waals surface area contributed by atoms with Crippen LogP contribution in [0.25, 0.3) is 10.9 Å². The fourth-order valence-corrected chi connectivity index (χ4v) is 1.82. The van der Waals surface area contributed by atoms with Crippen LogP contribution in [0.15, 0.2) is 36.5 Å². The number of benzene rings is 1. The molecular weight excluding hydrogens is 212 g/mol. The monoisotopic (exact) mass is 230 g/mol. The predicted octanol–water partition coefficient (Wildman–Crippen LogP) is 2.81.